The topological polar surface area (TPSA) is 15.3 Å². The highest BCUT2D eigenvalue weighted by Crippen LogP contribution is 2.34. The molecule has 2 aliphatic heterocycles. The normalized spacial score (nSPS) is 27.6. The van der Waals surface area contributed by atoms with Crippen molar-refractivity contribution in [2.75, 3.05) is 19.6 Å². The predicted molar refractivity (Wildman–Crippen MR) is 60.5 cm³/mol. The van der Waals surface area contributed by atoms with Crippen molar-refractivity contribution in [3.05, 3.63) is 0 Å². The summed E-state index contributed by atoms with van der Waals surface area (Å²) < 4.78 is 0. The van der Waals surface area contributed by atoms with Crippen LogP contribution in [0.4, 0.5) is 0 Å². The zero-order valence-corrected chi connectivity index (χ0v) is 9.90. The lowest BCUT2D eigenvalue weighted by Gasteiger charge is -2.52. The van der Waals surface area contributed by atoms with Crippen LogP contribution in [0.5, 0.6) is 0 Å². The lowest BCUT2D eigenvalue weighted by atomic mass is 9.78. The molecule has 0 aromatic carbocycles. The van der Waals surface area contributed by atoms with Crippen LogP contribution < -0.4 is 5.32 Å². The predicted octanol–water partition coefficient (Wildman–Crippen LogP) is 2.00. The second-order valence-corrected chi connectivity index (χ2v) is 5.61. The highest BCUT2D eigenvalue weighted by atomic mass is 15.2. The smallest absolute Gasteiger partial charge is 0.0217 e. The summed E-state index contributed by atoms with van der Waals surface area (Å²) >= 11 is 0. The molecular formula is C12H24N2. The van der Waals surface area contributed by atoms with E-state index in [1.165, 1.54) is 45.3 Å². The van der Waals surface area contributed by atoms with Crippen LogP contribution >= 0.6 is 0 Å². The van der Waals surface area contributed by atoms with Gasteiger partial charge in [0.2, 0.25) is 0 Å². The zero-order valence-electron chi connectivity index (χ0n) is 9.90. The van der Waals surface area contributed by atoms with E-state index in [9.17, 15) is 0 Å². The van der Waals surface area contributed by atoms with Crippen molar-refractivity contribution in [3.8, 4) is 0 Å². The molecule has 2 aliphatic rings. The van der Waals surface area contributed by atoms with Crippen molar-refractivity contribution in [1.82, 2.24) is 10.2 Å². The van der Waals surface area contributed by atoms with Crippen LogP contribution in [-0.2, 0) is 0 Å². The highest BCUT2D eigenvalue weighted by Gasteiger charge is 2.41. The van der Waals surface area contributed by atoms with E-state index in [0.717, 1.165) is 0 Å². The molecule has 2 rings (SSSR count). The molecule has 2 nitrogen and oxygen atoms in total. The molecule has 0 aromatic rings. The van der Waals surface area contributed by atoms with Crippen LogP contribution in [0.25, 0.3) is 0 Å². The Bertz CT molecular complexity index is 196. The molecule has 0 amide bonds. The summed E-state index contributed by atoms with van der Waals surface area (Å²) in [5, 5.41) is 3.62. The first-order valence-corrected chi connectivity index (χ1v) is 6.08. The van der Waals surface area contributed by atoms with Gasteiger partial charge < -0.3 is 5.32 Å². The van der Waals surface area contributed by atoms with Crippen LogP contribution in [-0.4, -0.2) is 35.6 Å². The highest BCUT2D eigenvalue weighted by molar-refractivity contribution is 5.01. The zero-order chi connectivity index (χ0) is 10.2. The van der Waals surface area contributed by atoms with E-state index in [-0.39, 0.29) is 0 Å². The van der Waals surface area contributed by atoms with Crippen molar-refractivity contribution in [2.24, 2.45) is 0 Å². The summed E-state index contributed by atoms with van der Waals surface area (Å²) in [6.45, 7) is 10.9. The molecule has 0 aliphatic carbocycles. The van der Waals surface area contributed by atoms with Crippen LogP contribution in [0.2, 0.25) is 0 Å². The van der Waals surface area contributed by atoms with Crippen molar-refractivity contribution in [3.63, 3.8) is 0 Å². The molecule has 0 unspecified atom stereocenters. The Morgan fingerprint density at radius 2 is 1.79 bits per heavy atom. The molecule has 0 radical (unpaired) electrons. The lowest BCUT2D eigenvalue weighted by Crippen LogP contribution is -2.63. The second kappa shape index (κ2) is 3.49. The van der Waals surface area contributed by atoms with Gasteiger partial charge in [-0.3, -0.25) is 4.90 Å². The van der Waals surface area contributed by atoms with Gasteiger partial charge >= 0.3 is 0 Å². The van der Waals surface area contributed by atoms with E-state index >= 15 is 0 Å². The first-order valence-electron chi connectivity index (χ1n) is 6.08. The molecule has 0 bridgehead atoms. The first kappa shape index (κ1) is 10.4. The molecule has 2 heteroatoms. The Morgan fingerprint density at radius 3 is 2.14 bits per heavy atom. The average molecular weight is 196 g/mol. The van der Waals surface area contributed by atoms with Gasteiger partial charge in [-0.25, -0.2) is 0 Å². The van der Waals surface area contributed by atoms with Gasteiger partial charge in [-0.1, -0.05) is 6.92 Å². The summed E-state index contributed by atoms with van der Waals surface area (Å²) in [6.07, 6.45) is 5.38. The third-order valence-electron chi connectivity index (χ3n) is 4.55. The Labute approximate surface area is 88.1 Å². The van der Waals surface area contributed by atoms with Crippen molar-refractivity contribution in [2.45, 2.75) is 57.5 Å². The summed E-state index contributed by atoms with van der Waals surface area (Å²) in [4.78, 5) is 2.66. The van der Waals surface area contributed by atoms with Gasteiger partial charge in [0.05, 0.1) is 0 Å². The molecule has 2 heterocycles. The van der Waals surface area contributed by atoms with E-state index in [0.29, 0.717) is 11.1 Å². The molecule has 0 atom stereocenters. The molecule has 82 valence electrons. The van der Waals surface area contributed by atoms with Gasteiger partial charge in [0.1, 0.15) is 0 Å². The van der Waals surface area contributed by atoms with Crippen molar-refractivity contribution in [1.29, 1.82) is 0 Å². The summed E-state index contributed by atoms with van der Waals surface area (Å²) in [7, 11) is 0. The van der Waals surface area contributed by atoms with Crippen LogP contribution in [0.15, 0.2) is 0 Å². The van der Waals surface area contributed by atoms with Crippen LogP contribution in [0, 0.1) is 0 Å². The fraction of sp³-hybridized carbons (Fsp3) is 1.00. The summed E-state index contributed by atoms with van der Waals surface area (Å²) in [6, 6.07) is 0. The Balaban J connectivity index is 1.89. The van der Waals surface area contributed by atoms with E-state index < -0.39 is 0 Å². The minimum Gasteiger partial charge on any atom is -0.311 e. The van der Waals surface area contributed by atoms with Crippen molar-refractivity contribution < 1.29 is 0 Å². The number of likely N-dealkylation sites (tertiary alicyclic amines) is 1. The standard InChI is InChI=1S/C12H24N2/c1-4-11(2,3)14-9-6-12(7-10-14)5-8-13-12/h13H,4-10H2,1-3H3. The van der Waals surface area contributed by atoms with E-state index in [4.69, 9.17) is 0 Å². The number of piperidine rings is 1. The second-order valence-electron chi connectivity index (χ2n) is 5.61. The van der Waals surface area contributed by atoms with Gasteiger partial charge in [0, 0.05) is 24.2 Å². The molecule has 2 saturated heterocycles. The summed E-state index contributed by atoms with van der Waals surface area (Å²) in [5.41, 5.74) is 0.964. The molecular weight excluding hydrogens is 172 g/mol. The fourth-order valence-corrected chi connectivity index (χ4v) is 2.67. The van der Waals surface area contributed by atoms with Gasteiger partial charge in [0.25, 0.3) is 0 Å². The molecule has 1 spiro atoms. The van der Waals surface area contributed by atoms with E-state index in [1.54, 1.807) is 0 Å². The van der Waals surface area contributed by atoms with E-state index in [1.807, 2.05) is 0 Å². The first-order chi connectivity index (χ1) is 6.58. The average Bonchev–Trinajstić information content (AvgIpc) is 2.16. The Kier molecular flexibility index (Phi) is 2.61. The SMILES string of the molecule is CCC(C)(C)N1CCC2(CCN2)CC1. The number of hydrogen-bond acceptors (Lipinski definition) is 2. The number of nitrogens with zero attached hydrogens (tertiary/aromatic N) is 1. The Morgan fingerprint density at radius 1 is 1.21 bits per heavy atom. The van der Waals surface area contributed by atoms with Crippen molar-refractivity contribution >= 4 is 0 Å². The number of rotatable bonds is 2. The quantitative estimate of drug-likeness (QED) is 0.727. The number of nitrogens with one attached hydrogen (secondary N) is 1. The maximum absolute atomic E-state index is 3.62. The maximum atomic E-state index is 3.62. The van der Waals surface area contributed by atoms with Gasteiger partial charge in [0.15, 0.2) is 0 Å². The van der Waals surface area contributed by atoms with Crippen LogP contribution in [0.1, 0.15) is 46.5 Å². The minimum atomic E-state index is 0.408. The minimum absolute atomic E-state index is 0.408. The monoisotopic (exact) mass is 196 g/mol. The third-order valence-corrected chi connectivity index (χ3v) is 4.55. The molecule has 2 fully saturated rings. The molecule has 14 heavy (non-hydrogen) atoms. The maximum Gasteiger partial charge on any atom is 0.0217 e. The van der Waals surface area contributed by atoms with Gasteiger partial charge in [-0.2, -0.15) is 0 Å². The van der Waals surface area contributed by atoms with Gasteiger partial charge in [-0.05, 0) is 46.1 Å². The molecule has 0 saturated carbocycles. The van der Waals surface area contributed by atoms with Gasteiger partial charge in [-0.15, -0.1) is 0 Å². The Hall–Kier alpha value is -0.0800. The largest absolute Gasteiger partial charge is 0.311 e. The molecule has 0 aromatic heterocycles. The van der Waals surface area contributed by atoms with Crippen LogP contribution in [0.3, 0.4) is 0 Å². The number of hydrogen-bond donors (Lipinski definition) is 1. The summed E-state index contributed by atoms with van der Waals surface area (Å²) in [5.74, 6) is 0. The van der Waals surface area contributed by atoms with E-state index in [2.05, 4.69) is 31.0 Å². The molecule has 1 N–H and O–H groups in total. The fourth-order valence-electron chi connectivity index (χ4n) is 2.67. The third kappa shape index (κ3) is 1.70. The lowest BCUT2D eigenvalue weighted by molar-refractivity contribution is 0.0262.